The maximum Gasteiger partial charge on any atom is 0.216 e. The summed E-state index contributed by atoms with van der Waals surface area (Å²) in [5.41, 5.74) is 3.00. The Hall–Kier alpha value is -2.65. The van der Waals surface area contributed by atoms with E-state index in [-0.39, 0.29) is 6.04 Å². The van der Waals surface area contributed by atoms with Crippen LogP contribution in [0.3, 0.4) is 0 Å². The number of hydrogen-bond donors (Lipinski definition) is 1. The van der Waals surface area contributed by atoms with Crippen molar-refractivity contribution in [2.45, 2.75) is 32.4 Å². The van der Waals surface area contributed by atoms with Crippen molar-refractivity contribution in [1.82, 2.24) is 0 Å². The Morgan fingerprint density at radius 1 is 1.00 bits per heavy atom. The van der Waals surface area contributed by atoms with Gasteiger partial charge in [0.15, 0.2) is 0 Å². The summed E-state index contributed by atoms with van der Waals surface area (Å²) in [6.07, 6.45) is -0.0565. The van der Waals surface area contributed by atoms with Crippen molar-refractivity contribution in [2.24, 2.45) is 10.9 Å². The molecule has 0 aliphatic carbocycles. The van der Waals surface area contributed by atoms with Crippen LogP contribution in [0, 0.1) is 5.92 Å². The van der Waals surface area contributed by atoms with Gasteiger partial charge in [0.2, 0.25) is 5.90 Å². The normalized spacial score (nSPS) is 17.8. The van der Waals surface area contributed by atoms with Crippen LogP contribution in [0.2, 0.25) is 0 Å². The van der Waals surface area contributed by atoms with Crippen LogP contribution in [0.5, 0.6) is 0 Å². The molecule has 1 N–H and O–H groups in total. The lowest BCUT2D eigenvalue weighted by Gasteiger charge is -2.16. The zero-order chi connectivity index (χ0) is 18.8. The minimum atomic E-state index is -0.583. The third kappa shape index (κ3) is 3.60. The molecule has 1 unspecified atom stereocenters. The molecular formula is C24H25NO2. The number of aliphatic imine (C=N–C) groups is 1. The molecule has 3 nitrogen and oxygen atoms in total. The maximum atomic E-state index is 11.0. The molecule has 1 aliphatic rings. The van der Waals surface area contributed by atoms with Crippen molar-refractivity contribution >= 4 is 16.7 Å². The molecule has 2 atom stereocenters. The maximum absolute atomic E-state index is 11.0. The highest BCUT2D eigenvalue weighted by Crippen LogP contribution is 2.28. The molecule has 0 saturated heterocycles. The Balaban J connectivity index is 1.65. The van der Waals surface area contributed by atoms with Crippen molar-refractivity contribution in [1.29, 1.82) is 0 Å². The van der Waals surface area contributed by atoms with E-state index in [1.807, 2.05) is 42.5 Å². The van der Waals surface area contributed by atoms with E-state index >= 15 is 0 Å². The number of fused-ring (bicyclic) bond motifs is 1. The summed E-state index contributed by atoms with van der Waals surface area (Å²) in [6.45, 7) is 4.96. The molecule has 0 radical (unpaired) electrons. The van der Waals surface area contributed by atoms with Gasteiger partial charge >= 0.3 is 0 Å². The molecule has 1 heterocycles. The van der Waals surface area contributed by atoms with Gasteiger partial charge in [-0.3, -0.25) is 0 Å². The SMILES string of the molecule is CC(C)[C@H]1COC(c2ccccc2CC(O)c2cccc3ccccc23)=N1. The van der Waals surface area contributed by atoms with Gasteiger partial charge in [-0.1, -0.05) is 74.5 Å². The minimum absolute atomic E-state index is 0.205. The van der Waals surface area contributed by atoms with Crippen molar-refractivity contribution in [2.75, 3.05) is 6.61 Å². The molecule has 1 aliphatic heterocycles. The van der Waals surface area contributed by atoms with Crippen LogP contribution in [0.4, 0.5) is 0 Å². The third-order valence-electron chi connectivity index (χ3n) is 5.29. The highest BCUT2D eigenvalue weighted by molar-refractivity contribution is 5.96. The van der Waals surface area contributed by atoms with Gasteiger partial charge in [0.05, 0.1) is 12.1 Å². The molecule has 3 aromatic rings. The van der Waals surface area contributed by atoms with Crippen LogP contribution < -0.4 is 0 Å². The zero-order valence-electron chi connectivity index (χ0n) is 15.8. The lowest BCUT2D eigenvalue weighted by atomic mass is 9.94. The van der Waals surface area contributed by atoms with Gasteiger partial charge in [0.1, 0.15) is 6.61 Å². The molecule has 138 valence electrons. The summed E-state index contributed by atoms with van der Waals surface area (Å²) in [5, 5.41) is 13.2. The quantitative estimate of drug-likeness (QED) is 0.703. The second kappa shape index (κ2) is 7.53. The number of rotatable bonds is 5. The average Bonchev–Trinajstić information content (AvgIpc) is 3.18. The summed E-state index contributed by atoms with van der Waals surface area (Å²) >= 11 is 0. The summed E-state index contributed by atoms with van der Waals surface area (Å²) in [7, 11) is 0. The summed E-state index contributed by atoms with van der Waals surface area (Å²) < 4.78 is 5.88. The van der Waals surface area contributed by atoms with Crippen molar-refractivity contribution in [3.63, 3.8) is 0 Å². The van der Waals surface area contributed by atoms with Crippen LogP contribution >= 0.6 is 0 Å². The smallest absolute Gasteiger partial charge is 0.216 e. The van der Waals surface area contributed by atoms with Gasteiger partial charge in [-0.25, -0.2) is 4.99 Å². The molecule has 0 fully saturated rings. The molecule has 3 heteroatoms. The van der Waals surface area contributed by atoms with Crippen molar-refractivity contribution in [3.05, 3.63) is 83.4 Å². The van der Waals surface area contributed by atoms with E-state index < -0.39 is 6.10 Å². The number of aliphatic hydroxyl groups excluding tert-OH is 1. The number of benzene rings is 3. The first-order chi connectivity index (χ1) is 13.1. The van der Waals surface area contributed by atoms with Gasteiger partial charge in [-0.2, -0.15) is 0 Å². The highest BCUT2D eigenvalue weighted by Gasteiger charge is 2.25. The van der Waals surface area contributed by atoms with E-state index in [1.165, 1.54) is 0 Å². The lowest BCUT2D eigenvalue weighted by molar-refractivity contribution is 0.180. The van der Waals surface area contributed by atoms with Crippen molar-refractivity contribution < 1.29 is 9.84 Å². The summed E-state index contributed by atoms with van der Waals surface area (Å²) in [5.74, 6) is 1.16. The Kier molecular flexibility index (Phi) is 4.95. The predicted octanol–water partition coefficient (Wildman–Crippen LogP) is 4.92. The van der Waals surface area contributed by atoms with E-state index in [1.54, 1.807) is 0 Å². The van der Waals surface area contributed by atoms with Crippen LogP contribution in [0.25, 0.3) is 10.8 Å². The first-order valence-electron chi connectivity index (χ1n) is 9.58. The van der Waals surface area contributed by atoms with E-state index in [0.29, 0.717) is 24.8 Å². The highest BCUT2D eigenvalue weighted by atomic mass is 16.5. The molecule has 0 bridgehead atoms. The molecule has 0 spiro atoms. The van der Waals surface area contributed by atoms with Gasteiger partial charge in [-0.05, 0) is 33.9 Å². The van der Waals surface area contributed by atoms with Gasteiger partial charge in [0.25, 0.3) is 0 Å². The fraction of sp³-hybridized carbons (Fsp3) is 0.292. The predicted molar refractivity (Wildman–Crippen MR) is 110 cm³/mol. The summed E-state index contributed by atoms with van der Waals surface area (Å²) in [4.78, 5) is 4.76. The van der Waals surface area contributed by atoms with E-state index in [9.17, 15) is 5.11 Å². The van der Waals surface area contributed by atoms with E-state index in [2.05, 4.69) is 38.1 Å². The lowest BCUT2D eigenvalue weighted by Crippen LogP contribution is -2.13. The van der Waals surface area contributed by atoms with Crippen molar-refractivity contribution in [3.8, 4) is 0 Å². The van der Waals surface area contributed by atoms with Gasteiger partial charge in [-0.15, -0.1) is 0 Å². The molecule has 0 saturated carbocycles. The van der Waals surface area contributed by atoms with Crippen LogP contribution in [0.1, 0.15) is 36.6 Å². The molecular weight excluding hydrogens is 334 g/mol. The van der Waals surface area contributed by atoms with E-state index in [0.717, 1.165) is 27.5 Å². The third-order valence-corrected chi connectivity index (χ3v) is 5.29. The fourth-order valence-electron chi connectivity index (χ4n) is 3.64. The second-order valence-corrected chi connectivity index (χ2v) is 7.50. The molecule has 3 aromatic carbocycles. The second-order valence-electron chi connectivity index (χ2n) is 7.50. The number of ether oxygens (including phenoxy) is 1. The average molecular weight is 359 g/mol. The molecule has 0 amide bonds. The number of nitrogens with zero attached hydrogens (tertiary/aromatic N) is 1. The molecule has 4 rings (SSSR count). The first kappa shape index (κ1) is 17.7. The zero-order valence-corrected chi connectivity index (χ0v) is 15.8. The molecule has 0 aromatic heterocycles. The van der Waals surface area contributed by atoms with Crippen LogP contribution in [-0.4, -0.2) is 23.7 Å². The Labute approximate surface area is 160 Å². The first-order valence-corrected chi connectivity index (χ1v) is 9.58. The fourth-order valence-corrected chi connectivity index (χ4v) is 3.64. The summed E-state index contributed by atoms with van der Waals surface area (Å²) in [6, 6.07) is 22.6. The van der Waals surface area contributed by atoms with Gasteiger partial charge < -0.3 is 9.84 Å². The Morgan fingerprint density at radius 2 is 1.74 bits per heavy atom. The van der Waals surface area contributed by atoms with Gasteiger partial charge in [0, 0.05) is 12.0 Å². The Morgan fingerprint density at radius 3 is 2.56 bits per heavy atom. The largest absolute Gasteiger partial charge is 0.475 e. The van der Waals surface area contributed by atoms with Crippen LogP contribution in [0.15, 0.2) is 71.7 Å². The number of hydrogen-bond acceptors (Lipinski definition) is 3. The number of aliphatic hydroxyl groups is 1. The standard InChI is InChI=1S/C24H25NO2/c1-16(2)22-15-27-24(25-22)20-12-6-4-9-18(20)14-23(26)21-13-7-10-17-8-3-5-11-19(17)21/h3-13,16,22-23,26H,14-15H2,1-2H3/t22-,23?/m1/s1. The monoisotopic (exact) mass is 359 g/mol. The minimum Gasteiger partial charge on any atom is -0.475 e. The molecule has 27 heavy (non-hydrogen) atoms. The van der Waals surface area contributed by atoms with Crippen LogP contribution in [-0.2, 0) is 11.2 Å². The topological polar surface area (TPSA) is 41.8 Å². The van der Waals surface area contributed by atoms with E-state index in [4.69, 9.17) is 9.73 Å². The Bertz CT molecular complexity index is 972.